The molecule has 0 aliphatic heterocycles. The predicted octanol–water partition coefficient (Wildman–Crippen LogP) is 1.81. The minimum atomic E-state index is 0.225. The summed E-state index contributed by atoms with van der Waals surface area (Å²) in [4.78, 5) is 1.19. The molecule has 0 bridgehead atoms. The molecular formula is C9H13NOS. The third-order valence-corrected chi connectivity index (χ3v) is 2.56. The first kappa shape index (κ1) is 9.42. The van der Waals surface area contributed by atoms with Crippen molar-refractivity contribution in [3.05, 3.63) is 24.3 Å². The number of benzene rings is 1. The Morgan fingerprint density at radius 1 is 1.42 bits per heavy atom. The fourth-order valence-corrected chi connectivity index (χ4v) is 1.77. The van der Waals surface area contributed by atoms with Gasteiger partial charge in [0.05, 0.1) is 6.61 Å². The number of nitrogens with one attached hydrogen (secondary N) is 1. The molecule has 0 aliphatic rings. The van der Waals surface area contributed by atoms with E-state index in [1.807, 2.05) is 31.3 Å². The van der Waals surface area contributed by atoms with Gasteiger partial charge in [-0.3, -0.25) is 0 Å². The van der Waals surface area contributed by atoms with Crippen LogP contribution in [0.3, 0.4) is 0 Å². The van der Waals surface area contributed by atoms with Crippen LogP contribution < -0.4 is 5.32 Å². The van der Waals surface area contributed by atoms with Crippen LogP contribution in [0.1, 0.15) is 0 Å². The SMILES string of the molecule is CNc1ccccc1SCCO. The monoisotopic (exact) mass is 183 g/mol. The van der Waals surface area contributed by atoms with E-state index in [2.05, 4.69) is 5.32 Å². The van der Waals surface area contributed by atoms with E-state index in [9.17, 15) is 0 Å². The Labute approximate surface area is 77.0 Å². The second-order valence-corrected chi connectivity index (χ2v) is 3.45. The number of rotatable bonds is 4. The lowest BCUT2D eigenvalue weighted by molar-refractivity contribution is 0.322. The van der Waals surface area contributed by atoms with Crippen molar-refractivity contribution in [2.75, 3.05) is 24.7 Å². The summed E-state index contributed by atoms with van der Waals surface area (Å²) in [5, 5.41) is 11.8. The van der Waals surface area contributed by atoms with Crippen LogP contribution in [0.2, 0.25) is 0 Å². The smallest absolute Gasteiger partial charge is 0.0525 e. The third kappa shape index (κ3) is 2.43. The van der Waals surface area contributed by atoms with E-state index in [1.54, 1.807) is 11.8 Å². The number of para-hydroxylation sites is 1. The van der Waals surface area contributed by atoms with Gasteiger partial charge < -0.3 is 10.4 Å². The lowest BCUT2D eigenvalue weighted by Gasteiger charge is -2.06. The molecule has 1 aromatic rings. The van der Waals surface area contributed by atoms with Crippen LogP contribution in [0.5, 0.6) is 0 Å². The normalized spacial score (nSPS) is 9.83. The van der Waals surface area contributed by atoms with Crippen LogP contribution in [-0.2, 0) is 0 Å². The van der Waals surface area contributed by atoms with E-state index in [4.69, 9.17) is 5.11 Å². The van der Waals surface area contributed by atoms with Gasteiger partial charge in [0.2, 0.25) is 0 Å². The van der Waals surface area contributed by atoms with Crippen LogP contribution in [0.15, 0.2) is 29.2 Å². The predicted molar refractivity (Wildman–Crippen MR) is 53.8 cm³/mol. The molecule has 0 aromatic heterocycles. The Hall–Kier alpha value is -0.670. The Morgan fingerprint density at radius 3 is 2.83 bits per heavy atom. The molecule has 0 saturated heterocycles. The van der Waals surface area contributed by atoms with Crippen LogP contribution in [0, 0.1) is 0 Å². The molecule has 66 valence electrons. The van der Waals surface area contributed by atoms with Crippen molar-refractivity contribution in [1.82, 2.24) is 0 Å². The summed E-state index contributed by atoms with van der Waals surface area (Å²) < 4.78 is 0. The van der Waals surface area contributed by atoms with Crippen LogP contribution >= 0.6 is 11.8 Å². The lowest BCUT2D eigenvalue weighted by atomic mass is 10.3. The Kier molecular flexibility index (Phi) is 3.97. The summed E-state index contributed by atoms with van der Waals surface area (Å²) in [6.45, 7) is 0.225. The van der Waals surface area contributed by atoms with E-state index >= 15 is 0 Å². The van der Waals surface area contributed by atoms with Crippen molar-refractivity contribution < 1.29 is 5.11 Å². The highest BCUT2D eigenvalue weighted by Crippen LogP contribution is 2.25. The first-order chi connectivity index (χ1) is 5.88. The van der Waals surface area contributed by atoms with Crippen LogP contribution in [0.4, 0.5) is 5.69 Å². The number of hydrogen-bond donors (Lipinski definition) is 2. The second kappa shape index (κ2) is 5.06. The standard InChI is InChI=1S/C9H13NOS/c1-10-8-4-2-3-5-9(8)12-7-6-11/h2-5,10-11H,6-7H2,1H3. The van der Waals surface area contributed by atoms with E-state index in [1.165, 1.54) is 4.90 Å². The number of thioether (sulfide) groups is 1. The van der Waals surface area contributed by atoms with Gasteiger partial charge >= 0.3 is 0 Å². The second-order valence-electron chi connectivity index (χ2n) is 2.32. The average molecular weight is 183 g/mol. The minimum Gasteiger partial charge on any atom is -0.396 e. The van der Waals surface area contributed by atoms with Crippen molar-refractivity contribution in [3.8, 4) is 0 Å². The molecule has 1 aromatic carbocycles. The summed E-state index contributed by atoms with van der Waals surface area (Å²) in [5.74, 6) is 0.749. The summed E-state index contributed by atoms with van der Waals surface area (Å²) in [7, 11) is 1.90. The summed E-state index contributed by atoms with van der Waals surface area (Å²) in [5.41, 5.74) is 1.12. The highest BCUT2D eigenvalue weighted by atomic mass is 32.2. The molecule has 0 radical (unpaired) electrons. The van der Waals surface area contributed by atoms with Crippen LogP contribution in [0.25, 0.3) is 0 Å². The molecule has 0 spiro atoms. The third-order valence-electron chi connectivity index (χ3n) is 1.51. The molecule has 0 unspecified atom stereocenters. The quantitative estimate of drug-likeness (QED) is 0.698. The Balaban J connectivity index is 2.68. The first-order valence-electron chi connectivity index (χ1n) is 3.89. The van der Waals surface area contributed by atoms with E-state index in [0.717, 1.165) is 11.4 Å². The molecule has 0 aliphatic carbocycles. The summed E-state index contributed by atoms with van der Waals surface area (Å²) in [6.07, 6.45) is 0. The maximum Gasteiger partial charge on any atom is 0.0525 e. The molecule has 2 N–H and O–H groups in total. The van der Waals surface area contributed by atoms with E-state index < -0.39 is 0 Å². The first-order valence-corrected chi connectivity index (χ1v) is 4.87. The Morgan fingerprint density at radius 2 is 2.17 bits per heavy atom. The molecule has 1 rings (SSSR count). The molecule has 3 heteroatoms. The molecule has 0 amide bonds. The zero-order valence-corrected chi connectivity index (χ0v) is 7.90. The highest BCUT2D eigenvalue weighted by molar-refractivity contribution is 7.99. The van der Waals surface area contributed by atoms with Gasteiger partial charge in [-0.25, -0.2) is 0 Å². The fraction of sp³-hybridized carbons (Fsp3) is 0.333. The summed E-state index contributed by atoms with van der Waals surface area (Å²) >= 11 is 1.66. The van der Waals surface area contributed by atoms with Gasteiger partial charge in [0.25, 0.3) is 0 Å². The molecule has 0 atom stereocenters. The van der Waals surface area contributed by atoms with Gasteiger partial charge in [-0.1, -0.05) is 12.1 Å². The fourth-order valence-electron chi connectivity index (χ4n) is 0.955. The number of aliphatic hydroxyl groups is 1. The van der Waals surface area contributed by atoms with Gasteiger partial charge in [0, 0.05) is 23.4 Å². The number of hydrogen-bond acceptors (Lipinski definition) is 3. The Bertz CT molecular complexity index is 240. The number of anilines is 1. The minimum absolute atomic E-state index is 0.225. The number of aliphatic hydroxyl groups excluding tert-OH is 1. The molecule has 0 fully saturated rings. The molecule has 2 nitrogen and oxygen atoms in total. The maximum absolute atomic E-state index is 8.65. The average Bonchev–Trinajstić information content (AvgIpc) is 2.15. The van der Waals surface area contributed by atoms with Gasteiger partial charge in [-0.15, -0.1) is 11.8 Å². The van der Waals surface area contributed by atoms with Gasteiger partial charge in [-0.05, 0) is 12.1 Å². The van der Waals surface area contributed by atoms with Crippen molar-refractivity contribution in [1.29, 1.82) is 0 Å². The van der Waals surface area contributed by atoms with E-state index in [0.29, 0.717) is 0 Å². The summed E-state index contributed by atoms with van der Waals surface area (Å²) in [6, 6.07) is 8.07. The molecule has 12 heavy (non-hydrogen) atoms. The molecular weight excluding hydrogens is 170 g/mol. The molecule has 0 saturated carbocycles. The maximum atomic E-state index is 8.65. The van der Waals surface area contributed by atoms with Crippen LogP contribution in [-0.4, -0.2) is 24.5 Å². The van der Waals surface area contributed by atoms with E-state index in [-0.39, 0.29) is 6.61 Å². The van der Waals surface area contributed by atoms with Crippen molar-refractivity contribution >= 4 is 17.4 Å². The lowest BCUT2D eigenvalue weighted by Crippen LogP contribution is -1.92. The van der Waals surface area contributed by atoms with Crippen molar-refractivity contribution in [2.24, 2.45) is 0 Å². The topological polar surface area (TPSA) is 32.3 Å². The van der Waals surface area contributed by atoms with Crippen molar-refractivity contribution in [3.63, 3.8) is 0 Å². The molecule has 0 heterocycles. The van der Waals surface area contributed by atoms with Gasteiger partial charge in [-0.2, -0.15) is 0 Å². The van der Waals surface area contributed by atoms with Gasteiger partial charge in [0.15, 0.2) is 0 Å². The van der Waals surface area contributed by atoms with Gasteiger partial charge in [0.1, 0.15) is 0 Å². The largest absolute Gasteiger partial charge is 0.396 e. The zero-order chi connectivity index (χ0) is 8.81. The zero-order valence-electron chi connectivity index (χ0n) is 7.08. The highest BCUT2D eigenvalue weighted by Gasteiger charge is 1.98. The van der Waals surface area contributed by atoms with Crippen molar-refractivity contribution in [2.45, 2.75) is 4.90 Å².